The lowest BCUT2D eigenvalue weighted by Gasteiger charge is -2.13. The molecule has 3 aromatic rings. The van der Waals surface area contributed by atoms with Crippen molar-refractivity contribution in [1.82, 2.24) is 0 Å². The van der Waals surface area contributed by atoms with Crippen LogP contribution in [0, 0.1) is 23.3 Å². The summed E-state index contributed by atoms with van der Waals surface area (Å²) in [4.78, 5) is 48.0. The Bertz CT molecular complexity index is 1700. The first kappa shape index (κ1) is 46.7. The van der Waals surface area contributed by atoms with Gasteiger partial charge in [0.05, 0.1) is 37.6 Å². The monoisotopic (exact) mass is 814 g/mol. The zero-order valence-electron chi connectivity index (χ0n) is 32.9. The maximum atomic E-state index is 14.9. The molecular weight excluding hydrogens is 764 g/mol. The summed E-state index contributed by atoms with van der Waals surface area (Å²) in [5, 5.41) is 0. The van der Waals surface area contributed by atoms with Gasteiger partial charge in [0.2, 0.25) is 34.8 Å². The zero-order valence-corrected chi connectivity index (χ0v) is 32.9. The van der Waals surface area contributed by atoms with Crippen LogP contribution in [0.2, 0.25) is 0 Å². The van der Waals surface area contributed by atoms with Crippen LogP contribution in [-0.4, -0.2) is 50.3 Å². The van der Waals surface area contributed by atoms with Gasteiger partial charge in [0.25, 0.3) is 0 Å². The number of rotatable bonds is 26. The van der Waals surface area contributed by atoms with Crippen LogP contribution in [0.15, 0.2) is 72.8 Å². The Hall–Kier alpha value is -5.66. The minimum absolute atomic E-state index is 0.184. The van der Waals surface area contributed by atoms with Gasteiger partial charge in [-0.05, 0) is 88.1 Å². The van der Waals surface area contributed by atoms with Gasteiger partial charge >= 0.3 is 23.9 Å². The first-order valence-corrected chi connectivity index (χ1v) is 19.2. The van der Waals surface area contributed by atoms with Crippen LogP contribution in [0.1, 0.15) is 112 Å². The van der Waals surface area contributed by atoms with Crippen LogP contribution >= 0.6 is 0 Å². The molecular formula is C44H50F4O10. The predicted octanol–water partition coefficient (Wildman–Crippen LogP) is 10.4. The van der Waals surface area contributed by atoms with Crippen molar-refractivity contribution in [3.63, 3.8) is 0 Å². The molecule has 0 aliphatic rings. The Labute approximate surface area is 336 Å². The lowest BCUT2D eigenvalue weighted by atomic mass is 10.1. The second-order valence-corrected chi connectivity index (χ2v) is 13.5. The molecule has 0 amide bonds. The highest BCUT2D eigenvalue weighted by atomic mass is 19.2. The predicted molar refractivity (Wildman–Crippen MR) is 207 cm³/mol. The molecule has 14 heteroatoms. The zero-order chi connectivity index (χ0) is 42.5. The molecule has 0 saturated heterocycles. The molecule has 3 aromatic carbocycles. The Balaban J connectivity index is 1.40. The van der Waals surface area contributed by atoms with E-state index in [1.165, 1.54) is 48.5 Å². The molecule has 3 rings (SSSR count). The third-order valence-electron chi connectivity index (χ3n) is 8.53. The van der Waals surface area contributed by atoms with Crippen LogP contribution in [-0.2, 0) is 19.1 Å². The molecule has 0 bridgehead atoms. The number of halogens is 4. The average molecular weight is 815 g/mol. The van der Waals surface area contributed by atoms with Crippen LogP contribution in [0.25, 0.3) is 0 Å². The van der Waals surface area contributed by atoms with Gasteiger partial charge in [-0.15, -0.1) is 0 Å². The summed E-state index contributed by atoms with van der Waals surface area (Å²) >= 11 is 0. The topological polar surface area (TPSA) is 124 Å². The minimum Gasteiger partial charge on any atom is -0.494 e. The van der Waals surface area contributed by atoms with Crippen molar-refractivity contribution in [2.75, 3.05) is 26.4 Å². The summed E-state index contributed by atoms with van der Waals surface area (Å²) in [5.74, 6) is -14.2. The molecule has 0 N–H and O–H groups in total. The molecule has 0 saturated carbocycles. The number of carbonyl (C=O) groups is 4. The van der Waals surface area contributed by atoms with Gasteiger partial charge in [0.15, 0.2) is 0 Å². The molecule has 0 atom stereocenters. The number of unbranched alkanes of at least 4 members (excludes halogenated alkanes) is 10. The first-order chi connectivity index (χ1) is 27.8. The van der Waals surface area contributed by atoms with Crippen molar-refractivity contribution >= 4 is 23.9 Å². The highest BCUT2D eigenvalue weighted by molar-refractivity contribution is 5.92. The maximum absolute atomic E-state index is 14.9. The standard InChI is InChI=1S/C44H50F4O10/c1-29(2)41(49)55-27-15-11-7-5-9-13-25-53-33-21-17-31(18-22-33)43(51)57-39-35(45)37(47)40(38(48)36(39)46)58-44(52)32-19-23-34(24-20-32)54-26-14-10-6-8-12-16-28-56-42(50)30(3)4/h17-24H,1,3,5-16,25-28H2,2,4H3. The van der Waals surface area contributed by atoms with Crippen LogP contribution in [0.4, 0.5) is 17.6 Å². The second-order valence-electron chi connectivity index (χ2n) is 13.5. The summed E-state index contributed by atoms with van der Waals surface area (Å²) in [5.41, 5.74) is 0.372. The first-order valence-electron chi connectivity index (χ1n) is 19.2. The maximum Gasteiger partial charge on any atom is 0.343 e. The van der Waals surface area contributed by atoms with Gasteiger partial charge in [-0.2, -0.15) is 17.6 Å². The van der Waals surface area contributed by atoms with Crippen molar-refractivity contribution in [2.24, 2.45) is 0 Å². The molecule has 314 valence electrons. The summed E-state index contributed by atoms with van der Waals surface area (Å²) in [6.45, 7) is 11.8. The van der Waals surface area contributed by atoms with Gasteiger partial charge in [-0.25, -0.2) is 19.2 Å². The van der Waals surface area contributed by atoms with Crippen molar-refractivity contribution in [3.8, 4) is 23.0 Å². The summed E-state index contributed by atoms with van der Waals surface area (Å²) in [7, 11) is 0. The fourth-order valence-corrected chi connectivity index (χ4v) is 5.23. The fraction of sp³-hybridized carbons (Fsp3) is 0.409. The van der Waals surface area contributed by atoms with Crippen LogP contribution in [0.5, 0.6) is 23.0 Å². The molecule has 10 nitrogen and oxygen atoms in total. The van der Waals surface area contributed by atoms with Gasteiger partial charge in [0.1, 0.15) is 11.5 Å². The van der Waals surface area contributed by atoms with Crippen LogP contribution < -0.4 is 18.9 Å². The average Bonchev–Trinajstić information content (AvgIpc) is 3.21. The van der Waals surface area contributed by atoms with Gasteiger partial charge in [-0.3, -0.25) is 0 Å². The smallest absolute Gasteiger partial charge is 0.343 e. The molecule has 0 aliphatic heterocycles. The number of ether oxygens (including phenoxy) is 6. The van der Waals surface area contributed by atoms with E-state index in [2.05, 4.69) is 22.6 Å². The largest absolute Gasteiger partial charge is 0.494 e. The molecule has 0 aromatic heterocycles. The number of benzene rings is 3. The Morgan fingerprint density at radius 1 is 0.448 bits per heavy atom. The van der Waals surface area contributed by atoms with E-state index < -0.39 is 46.7 Å². The number of esters is 4. The number of carbonyl (C=O) groups excluding carboxylic acids is 4. The van der Waals surface area contributed by atoms with E-state index in [0.29, 0.717) is 49.1 Å². The minimum atomic E-state index is -2.07. The molecule has 0 heterocycles. The third kappa shape index (κ3) is 15.7. The highest BCUT2D eigenvalue weighted by Crippen LogP contribution is 2.35. The van der Waals surface area contributed by atoms with Gasteiger partial charge < -0.3 is 28.4 Å². The molecule has 0 spiro atoms. The van der Waals surface area contributed by atoms with E-state index in [-0.39, 0.29) is 23.1 Å². The third-order valence-corrected chi connectivity index (χ3v) is 8.53. The molecule has 0 aliphatic carbocycles. The van der Waals surface area contributed by atoms with Crippen LogP contribution in [0.3, 0.4) is 0 Å². The second kappa shape index (κ2) is 24.9. The highest BCUT2D eigenvalue weighted by Gasteiger charge is 2.31. The fourth-order valence-electron chi connectivity index (χ4n) is 5.23. The van der Waals surface area contributed by atoms with Crippen molar-refractivity contribution in [3.05, 3.63) is 107 Å². The Morgan fingerprint density at radius 3 is 1.02 bits per heavy atom. The van der Waals surface area contributed by atoms with E-state index in [9.17, 15) is 36.7 Å². The number of hydrogen-bond acceptors (Lipinski definition) is 10. The molecule has 58 heavy (non-hydrogen) atoms. The van der Waals surface area contributed by atoms with Gasteiger partial charge in [0, 0.05) is 11.1 Å². The van der Waals surface area contributed by atoms with E-state index >= 15 is 0 Å². The van der Waals surface area contributed by atoms with Crippen molar-refractivity contribution in [1.29, 1.82) is 0 Å². The summed E-state index contributed by atoms with van der Waals surface area (Å²) < 4.78 is 90.4. The number of hydrogen-bond donors (Lipinski definition) is 0. The van der Waals surface area contributed by atoms with E-state index in [4.69, 9.17) is 18.9 Å². The Morgan fingerprint density at radius 2 is 0.724 bits per heavy atom. The quantitative estimate of drug-likeness (QED) is 0.0193. The Kier molecular flexibility index (Phi) is 20.0. The summed E-state index contributed by atoms with van der Waals surface area (Å²) in [6, 6.07) is 10.7. The summed E-state index contributed by atoms with van der Waals surface area (Å²) in [6.07, 6.45) is 10.6. The van der Waals surface area contributed by atoms with E-state index in [1.54, 1.807) is 13.8 Å². The lowest BCUT2D eigenvalue weighted by molar-refractivity contribution is -0.139. The van der Waals surface area contributed by atoms with E-state index in [1.807, 2.05) is 0 Å². The normalized spacial score (nSPS) is 10.7. The van der Waals surface area contributed by atoms with Crippen molar-refractivity contribution in [2.45, 2.75) is 90.9 Å². The lowest BCUT2D eigenvalue weighted by Crippen LogP contribution is -2.16. The molecule has 0 fully saturated rings. The molecule has 0 unspecified atom stereocenters. The molecule has 0 radical (unpaired) electrons. The van der Waals surface area contributed by atoms with Gasteiger partial charge in [-0.1, -0.05) is 64.5 Å². The van der Waals surface area contributed by atoms with E-state index in [0.717, 1.165) is 77.0 Å². The SMILES string of the molecule is C=C(C)C(=O)OCCCCCCCCOc1ccc(C(=O)Oc2c(F)c(F)c(OC(=O)c3ccc(OCCCCCCCCOC(=O)C(=C)C)cc3)c(F)c2F)cc1. The van der Waals surface area contributed by atoms with Crippen molar-refractivity contribution < 1.29 is 65.2 Å².